The Labute approximate surface area is 171 Å². The Morgan fingerprint density at radius 2 is 1.30 bits per heavy atom. The largest absolute Gasteiger partial charge is 0.543 e. The summed E-state index contributed by atoms with van der Waals surface area (Å²) in [7, 11) is 0. The molecule has 3 rings (SSSR count). The Balaban J connectivity index is -0.000000353. The maximum absolute atomic E-state index is 10.0. The van der Waals surface area contributed by atoms with E-state index in [1.807, 2.05) is 55.6 Å². The van der Waals surface area contributed by atoms with Crippen molar-refractivity contribution in [3.05, 3.63) is 65.2 Å². The van der Waals surface area contributed by atoms with Gasteiger partial charge in [-0.15, -0.1) is 0 Å². The van der Waals surface area contributed by atoms with E-state index in [0.717, 1.165) is 6.07 Å². The van der Waals surface area contributed by atoms with Crippen molar-refractivity contribution in [1.82, 2.24) is 10.2 Å². The zero-order chi connectivity index (χ0) is 20.4. The van der Waals surface area contributed by atoms with Gasteiger partial charge in [0.05, 0.1) is 30.0 Å². The second-order valence-corrected chi connectivity index (χ2v) is 5.38. The minimum atomic E-state index is -1.53. The fraction of sp³-hybridized carbons (Fsp3) is 0.118. The molecule has 166 valence electrons. The number of hydrogen-bond acceptors (Lipinski definition) is 7. The van der Waals surface area contributed by atoms with Gasteiger partial charge in [-0.3, -0.25) is 16.6 Å². The molecule has 30 heavy (non-hydrogen) atoms. The first-order valence-corrected chi connectivity index (χ1v) is 7.64. The van der Waals surface area contributed by atoms with E-state index >= 15 is 0 Å². The fourth-order valence-electron chi connectivity index (χ4n) is 1.56. The quantitative estimate of drug-likeness (QED) is 0.360. The van der Waals surface area contributed by atoms with E-state index < -0.39 is 17.6 Å². The summed E-state index contributed by atoms with van der Waals surface area (Å²) in [4.78, 5) is 25.8. The smallest absolute Gasteiger partial charge is 0.270 e. The lowest BCUT2D eigenvalue weighted by molar-refractivity contribution is -0.361. The monoisotopic (exact) mass is 426 g/mol. The van der Waals surface area contributed by atoms with Crippen molar-refractivity contribution in [1.29, 1.82) is 0 Å². The zero-order valence-corrected chi connectivity index (χ0v) is 16.3. The number of aromatic amines is 3. The van der Waals surface area contributed by atoms with Gasteiger partial charge in [-0.25, -0.2) is 9.97 Å². The van der Waals surface area contributed by atoms with Crippen LogP contribution in [0.1, 0.15) is 32.1 Å². The highest BCUT2D eigenvalue weighted by Crippen LogP contribution is 1.96. The van der Waals surface area contributed by atoms with Crippen LogP contribution in [0.3, 0.4) is 0 Å². The lowest BCUT2D eigenvalue weighted by atomic mass is 10.3. The summed E-state index contributed by atoms with van der Waals surface area (Å²) < 4.78 is 0. The lowest BCUT2D eigenvalue weighted by Crippen LogP contribution is -2.23. The maximum atomic E-state index is 10.0. The van der Waals surface area contributed by atoms with Crippen molar-refractivity contribution >= 4 is 23.6 Å². The molecule has 0 saturated carbocycles. The minimum absolute atomic E-state index is 0. The Hall–Kier alpha value is -4.07. The van der Waals surface area contributed by atoms with Gasteiger partial charge < -0.3 is 36.2 Å². The van der Waals surface area contributed by atoms with Crippen molar-refractivity contribution in [3.8, 4) is 0 Å². The van der Waals surface area contributed by atoms with E-state index in [-0.39, 0.29) is 22.1 Å². The van der Waals surface area contributed by atoms with Crippen LogP contribution in [0.15, 0.2) is 42.7 Å². The van der Waals surface area contributed by atoms with Gasteiger partial charge in [0.2, 0.25) is 0 Å². The summed E-state index contributed by atoms with van der Waals surface area (Å²) in [6, 6.07) is 8.44. The molecule has 0 aliphatic rings. The Kier molecular flexibility index (Phi) is 15.2. The highest BCUT2D eigenvalue weighted by atomic mass is 16.4. The topological polar surface area (TPSA) is 284 Å². The molecule has 3 aromatic heterocycles. The number of aromatic carboxylic acids is 2. The molecule has 0 radical (unpaired) electrons. The Bertz CT molecular complexity index is 768. The molecule has 0 aliphatic carbocycles. The van der Waals surface area contributed by atoms with Gasteiger partial charge >= 0.3 is 0 Å². The Morgan fingerprint density at radius 1 is 0.867 bits per heavy atom. The molecule has 0 fully saturated rings. The first-order valence-electron chi connectivity index (χ1n) is 7.64. The number of aromatic nitrogens is 4. The molecular formula is C17H26N6O7. The highest BCUT2D eigenvalue weighted by Gasteiger charge is 2.00. The van der Waals surface area contributed by atoms with Crippen LogP contribution in [0.5, 0.6) is 0 Å². The third-order valence-electron chi connectivity index (χ3n) is 2.99. The average molecular weight is 426 g/mol. The van der Waals surface area contributed by atoms with Crippen LogP contribution >= 0.6 is 0 Å². The van der Waals surface area contributed by atoms with Gasteiger partial charge in [-0.1, -0.05) is 0 Å². The van der Waals surface area contributed by atoms with Crippen LogP contribution < -0.4 is 31.6 Å². The van der Waals surface area contributed by atoms with Crippen molar-refractivity contribution in [2.45, 2.75) is 13.8 Å². The summed E-state index contributed by atoms with van der Waals surface area (Å²) in [6.07, 6.45) is 3.74. The third kappa shape index (κ3) is 11.6. The number of rotatable bonds is 2. The Morgan fingerprint density at radius 3 is 1.50 bits per heavy atom. The number of H-pyrrole nitrogens is 3. The summed E-state index contributed by atoms with van der Waals surface area (Å²) >= 11 is 0. The predicted molar refractivity (Wildman–Crippen MR) is 102 cm³/mol. The van der Waals surface area contributed by atoms with E-state index in [0.29, 0.717) is 11.6 Å². The first kappa shape index (κ1) is 30.7. The molecule has 0 spiro atoms. The van der Waals surface area contributed by atoms with E-state index in [1.54, 1.807) is 0 Å². The molecule has 13 N–H and O–H groups in total. The van der Waals surface area contributed by atoms with Crippen LogP contribution in [0.2, 0.25) is 0 Å². The molecule has 0 saturated heterocycles. The molecular weight excluding hydrogens is 400 g/mol. The number of aryl methyl sites for hydroxylation is 2. The summed E-state index contributed by atoms with van der Waals surface area (Å²) in [6.45, 7) is 4.02. The van der Waals surface area contributed by atoms with E-state index in [4.69, 9.17) is 11.5 Å². The summed E-state index contributed by atoms with van der Waals surface area (Å²) in [5.74, 6) is -1.63. The highest BCUT2D eigenvalue weighted by molar-refractivity contribution is 5.89. The second-order valence-electron chi connectivity index (χ2n) is 5.38. The van der Waals surface area contributed by atoms with Crippen molar-refractivity contribution in [2.24, 2.45) is 0 Å². The number of carboxylic acid groups (broad SMARTS) is 2. The molecule has 3 aromatic rings. The van der Waals surface area contributed by atoms with Crippen LogP contribution in [0.25, 0.3) is 0 Å². The predicted octanol–water partition coefficient (Wildman–Crippen LogP) is -4.55. The standard InChI is InChI=1S/2C6H8N2.C5H4N2O4.3H2O/c2*1-5-2-3-6(7)8-4-5;8-4(9)2-1-3(5(10)11)7-6-2;;;/h2*2-4H,1H3,(H2,7,8);1H,(H,6,7)(H,8,9)(H,10,11);3*1H2. The number of carbonyl (C=O) groups is 2. The van der Waals surface area contributed by atoms with Crippen LogP contribution in [-0.4, -0.2) is 38.6 Å². The number of carbonyl (C=O) groups excluding carboxylic acids is 2. The summed E-state index contributed by atoms with van der Waals surface area (Å²) in [5.41, 5.74) is 12.3. The van der Waals surface area contributed by atoms with Gasteiger partial charge in [0.1, 0.15) is 5.69 Å². The minimum Gasteiger partial charge on any atom is -0.543 e. The molecule has 13 nitrogen and oxygen atoms in total. The van der Waals surface area contributed by atoms with Gasteiger partial charge in [-0.05, 0) is 43.2 Å². The molecule has 0 bridgehead atoms. The third-order valence-corrected chi connectivity index (χ3v) is 2.99. The molecule has 0 unspecified atom stereocenters. The van der Waals surface area contributed by atoms with Crippen LogP contribution in [-0.2, 0) is 0 Å². The summed E-state index contributed by atoms with van der Waals surface area (Å²) in [5, 5.41) is 25.2. The molecule has 13 heteroatoms. The fourth-order valence-corrected chi connectivity index (χ4v) is 1.56. The molecule has 3 heterocycles. The number of pyridine rings is 2. The van der Waals surface area contributed by atoms with Crippen LogP contribution in [0, 0.1) is 13.8 Å². The number of carboxylic acids is 2. The number of anilines is 2. The van der Waals surface area contributed by atoms with Crippen molar-refractivity contribution in [3.63, 3.8) is 0 Å². The SMILES string of the molecule is Cc1ccc(N)[nH+]c1.Cc1ccc(N)[nH+]c1.O.O.O.O=C([O-])c1cc(C(=O)[O-])[nH]n1. The van der Waals surface area contributed by atoms with Gasteiger partial charge in [-0.2, -0.15) is 5.10 Å². The number of hydrogen-bond donors (Lipinski definition) is 3. The molecule has 0 atom stereocenters. The van der Waals surface area contributed by atoms with Crippen molar-refractivity contribution < 1.29 is 46.2 Å². The first-order chi connectivity index (χ1) is 12.7. The number of nitrogen functional groups attached to an aromatic ring is 2. The molecule has 0 aromatic carbocycles. The van der Waals surface area contributed by atoms with E-state index in [2.05, 4.69) is 15.1 Å². The zero-order valence-electron chi connectivity index (χ0n) is 16.3. The van der Waals surface area contributed by atoms with Crippen molar-refractivity contribution in [2.75, 3.05) is 11.5 Å². The maximum Gasteiger partial charge on any atom is 0.270 e. The van der Waals surface area contributed by atoms with Gasteiger partial charge in [0.25, 0.3) is 11.6 Å². The number of nitrogens with one attached hydrogen (secondary N) is 3. The normalized spacial score (nSPS) is 8.33. The van der Waals surface area contributed by atoms with Gasteiger partial charge in [0.15, 0.2) is 0 Å². The number of nitrogens with zero attached hydrogens (tertiary/aromatic N) is 1. The molecule has 0 aliphatic heterocycles. The second kappa shape index (κ2) is 14.9. The van der Waals surface area contributed by atoms with Gasteiger partial charge in [0, 0.05) is 12.1 Å². The molecule has 0 amide bonds. The van der Waals surface area contributed by atoms with Crippen LogP contribution in [0.4, 0.5) is 11.6 Å². The average Bonchev–Trinajstić information content (AvgIpc) is 3.12. The van der Waals surface area contributed by atoms with E-state index in [1.165, 1.54) is 11.1 Å². The number of nitrogens with two attached hydrogens (primary N) is 2. The lowest BCUT2D eigenvalue weighted by Gasteiger charge is -1.93. The van der Waals surface area contributed by atoms with E-state index in [9.17, 15) is 19.8 Å².